The first kappa shape index (κ1) is 11.2. The highest BCUT2D eigenvalue weighted by atomic mass is 35.5. The number of carbonyl (C=O) groups is 1. The molecule has 0 aromatic heterocycles. The van der Waals surface area contributed by atoms with Gasteiger partial charge in [-0.2, -0.15) is 0 Å². The van der Waals surface area contributed by atoms with Crippen molar-refractivity contribution in [3.8, 4) is 0 Å². The molecule has 1 amide bonds. The summed E-state index contributed by atoms with van der Waals surface area (Å²) in [6, 6.07) is 0. The predicted octanol–water partition coefficient (Wildman–Crippen LogP) is 0.886. The zero-order chi connectivity index (χ0) is 9.54. The Morgan fingerprint density at radius 3 is 2.73 bits per heavy atom. The fourth-order valence-corrected chi connectivity index (χ4v) is 2.77. The molecular formula is C11H19ClN2O. The zero-order valence-corrected chi connectivity index (χ0v) is 9.76. The van der Waals surface area contributed by atoms with Gasteiger partial charge in [0.15, 0.2) is 0 Å². The summed E-state index contributed by atoms with van der Waals surface area (Å²) in [6.45, 7) is 4.25. The van der Waals surface area contributed by atoms with E-state index in [4.69, 9.17) is 0 Å². The number of fused-ring (bicyclic) bond motifs is 1. The first-order chi connectivity index (χ1) is 6.83. The summed E-state index contributed by atoms with van der Waals surface area (Å²) in [7, 11) is 0. The summed E-state index contributed by atoms with van der Waals surface area (Å²) >= 11 is 0. The van der Waals surface area contributed by atoms with Crippen LogP contribution >= 0.6 is 12.4 Å². The van der Waals surface area contributed by atoms with Gasteiger partial charge < -0.3 is 10.2 Å². The molecule has 0 aromatic rings. The van der Waals surface area contributed by atoms with E-state index in [9.17, 15) is 4.79 Å². The van der Waals surface area contributed by atoms with E-state index < -0.39 is 0 Å². The van der Waals surface area contributed by atoms with E-state index in [1.54, 1.807) is 0 Å². The summed E-state index contributed by atoms with van der Waals surface area (Å²) < 4.78 is 0. The minimum absolute atomic E-state index is 0. The highest BCUT2D eigenvalue weighted by Gasteiger charge is 2.38. The Kier molecular flexibility index (Phi) is 3.21. The molecule has 3 fully saturated rings. The number of hydrogen-bond acceptors (Lipinski definition) is 2. The first-order valence-electron chi connectivity index (χ1n) is 5.81. The minimum atomic E-state index is 0. The Labute approximate surface area is 97.0 Å². The lowest BCUT2D eigenvalue weighted by Gasteiger charge is -2.34. The van der Waals surface area contributed by atoms with Crippen molar-refractivity contribution >= 4 is 18.3 Å². The second-order valence-corrected chi connectivity index (χ2v) is 5.12. The standard InChI is InChI=1S/C11H18N2O.ClH/c14-11-3-9-4-12-5-10(9)7-13(11)6-8-1-2-8;/h8-10,12H,1-7H2;1H. The van der Waals surface area contributed by atoms with Crippen molar-refractivity contribution in [2.24, 2.45) is 17.8 Å². The number of piperidine rings is 1. The van der Waals surface area contributed by atoms with Crippen molar-refractivity contribution < 1.29 is 4.79 Å². The highest BCUT2D eigenvalue weighted by Crippen LogP contribution is 2.33. The third-order valence-corrected chi connectivity index (χ3v) is 3.90. The molecule has 3 rings (SSSR count). The van der Waals surface area contributed by atoms with Crippen LogP contribution in [0.3, 0.4) is 0 Å². The summed E-state index contributed by atoms with van der Waals surface area (Å²) in [5, 5.41) is 3.40. The van der Waals surface area contributed by atoms with Crippen molar-refractivity contribution in [3.63, 3.8) is 0 Å². The van der Waals surface area contributed by atoms with Gasteiger partial charge >= 0.3 is 0 Å². The van der Waals surface area contributed by atoms with Crippen molar-refractivity contribution in [2.45, 2.75) is 19.3 Å². The number of halogens is 1. The maximum absolute atomic E-state index is 11.8. The maximum Gasteiger partial charge on any atom is 0.222 e. The average molecular weight is 231 g/mol. The molecule has 2 heterocycles. The molecule has 15 heavy (non-hydrogen) atoms. The first-order valence-corrected chi connectivity index (χ1v) is 5.81. The Balaban J connectivity index is 0.000000853. The van der Waals surface area contributed by atoms with E-state index in [-0.39, 0.29) is 12.4 Å². The van der Waals surface area contributed by atoms with Crippen LogP contribution < -0.4 is 5.32 Å². The van der Waals surface area contributed by atoms with Gasteiger partial charge in [-0.25, -0.2) is 0 Å². The van der Waals surface area contributed by atoms with Crippen LogP contribution in [0, 0.1) is 17.8 Å². The Hall–Kier alpha value is -0.280. The number of amides is 1. The molecule has 1 saturated carbocycles. The summed E-state index contributed by atoms with van der Waals surface area (Å²) in [5.74, 6) is 2.62. The Morgan fingerprint density at radius 2 is 2.00 bits per heavy atom. The SMILES string of the molecule is Cl.O=C1CC2CNCC2CN1CC1CC1. The normalized spacial score (nSPS) is 34.9. The van der Waals surface area contributed by atoms with Crippen molar-refractivity contribution in [1.82, 2.24) is 10.2 Å². The summed E-state index contributed by atoms with van der Waals surface area (Å²) in [4.78, 5) is 13.9. The van der Waals surface area contributed by atoms with Gasteiger partial charge in [-0.1, -0.05) is 0 Å². The summed E-state index contributed by atoms with van der Waals surface area (Å²) in [5.41, 5.74) is 0. The molecule has 1 aliphatic carbocycles. The number of nitrogens with zero attached hydrogens (tertiary/aromatic N) is 1. The van der Waals surface area contributed by atoms with E-state index in [1.165, 1.54) is 12.8 Å². The molecule has 3 nitrogen and oxygen atoms in total. The van der Waals surface area contributed by atoms with Crippen LogP contribution in [0.4, 0.5) is 0 Å². The lowest BCUT2D eigenvalue weighted by atomic mass is 9.88. The summed E-state index contributed by atoms with van der Waals surface area (Å²) in [6.07, 6.45) is 3.48. The van der Waals surface area contributed by atoms with Gasteiger partial charge in [-0.3, -0.25) is 4.79 Å². The van der Waals surface area contributed by atoms with Crippen LogP contribution in [0.25, 0.3) is 0 Å². The quantitative estimate of drug-likeness (QED) is 0.764. The van der Waals surface area contributed by atoms with Gasteiger partial charge in [-0.05, 0) is 43.7 Å². The largest absolute Gasteiger partial charge is 0.342 e. The molecule has 3 aliphatic rings. The molecular weight excluding hydrogens is 212 g/mol. The van der Waals surface area contributed by atoms with Crippen molar-refractivity contribution in [1.29, 1.82) is 0 Å². The van der Waals surface area contributed by atoms with Crippen LogP contribution in [-0.2, 0) is 4.79 Å². The maximum atomic E-state index is 11.8. The second kappa shape index (κ2) is 4.30. The lowest BCUT2D eigenvalue weighted by Crippen LogP contribution is -2.44. The third-order valence-electron chi connectivity index (χ3n) is 3.90. The molecule has 1 N–H and O–H groups in total. The van der Waals surface area contributed by atoms with Gasteiger partial charge in [0.1, 0.15) is 0 Å². The molecule has 0 spiro atoms. The van der Waals surface area contributed by atoms with Crippen LogP contribution in [0.5, 0.6) is 0 Å². The predicted molar refractivity (Wildman–Crippen MR) is 61.0 cm³/mol. The zero-order valence-electron chi connectivity index (χ0n) is 8.95. The van der Waals surface area contributed by atoms with Gasteiger partial charge in [0.05, 0.1) is 0 Å². The smallest absolute Gasteiger partial charge is 0.222 e. The fraction of sp³-hybridized carbons (Fsp3) is 0.909. The van der Waals surface area contributed by atoms with Crippen LogP contribution in [0.15, 0.2) is 0 Å². The van der Waals surface area contributed by atoms with Gasteiger partial charge in [0.25, 0.3) is 0 Å². The Bertz CT molecular complexity index is 255. The number of nitrogens with one attached hydrogen (secondary N) is 1. The highest BCUT2D eigenvalue weighted by molar-refractivity contribution is 5.85. The number of likely N-dealkylation sites (tertiary alicyclic amines) is 1. The Morgan fingerprint density at radius 1 is 1.27 bits per heavy atom. The lowest BCUT2D eigenvalue weighted by molar-refractivity contribution is -0.136. The van der Waals surface area contributed by atoms with E-state index in [2.05, 4.69) is 10.2 Å². The van der Waals surface area contributed by atoms with Crippen molar-refractivity contribution in [3.05, 3.63) is 0 Å². The van der Waals surface area contributed by atoms with Crippen LogP contribution in [0.2, 0.25) is 0 Å². The molecule has 0 radical (unpaired) electrons. The number of rotatable bonds is 2. The van der Waals surface area contributed by atoms with Crippen LogP contribution in [-0.4, -0.2) is 37.0 Å². The van der Waals surface area contributed by atoms with Crippen molar-refractivity contribution in [2.75, 3.05) is 26.2 Å². The fourth-order valence-electron chi connectivity index (χ4n) is 2.77. The molecule has 0 aromatic carbocycles. The van der Waals surface area contributed by atoms with Gasteiger partial charge in [-0.15, -0.1) is 12.4 Å². The van der Waals surface area contributed by atoms with E-state index in [1.807, 2.05) is 0 Å². The molecule has 2 unspecified atom stereocenters. The molecule has 2 atom stereocenters. The number of carbonyl (C=O) groups excluding carboxylic acids is 1. The van der Waals surface area contributed by atoms with Gasteiger partial charge in [0, 0.05) is 19.5 Å². The van der Waals surface area contributed by atoms with E-state index in [0.717, 1.165) is 44.4 Å². The van der Waals surface area contributed by atoms with Gasteiger partial charge in [0.2, 0.25) is 5.91 Å². The number of hydrogen-bond donors (Lipinski definition) is 1. The molecule has 2 aliphatic heterocycles. The molecule has 86 valence electrons. The molecule has 4 heteroatoms. The topological polar surface area (TPSA) is 32.3 Å². The monoisotopic (exact) mass is 230 g/mol. The minimum Gasteiger partial charge on any atom is -0.342 e. The average Bonchev–Trinajstić information content (AvgIpc) is 2.85. The molecule has 2 saturated heterocycles. The second-order valence-electron chi connectivity index (χ2n) is 5.12. The van der Waals surface area contributed by atoms with E-state index in [0.29, 0.717) is 11.8 Å². The molecule has 0 bridgehead atoms. The van der Waals surface area contributed by atoms with E-state index >= 15 is 0 Å². The third kappa shape index (κ3) is 2.28. The van der Waals surface area contributed by atoms with Crippen LogP contribution in [0.1, 0.15) is 19.3 Å².